The van der Waals surface area contributed by atoms with Gasteiger partial charge < -0.3 is 20.8 Å². The quantitative estimate of drug-likeness (QED) is 0.692. The summed E-state index contributed by atoms with van der Waals surface area (Å²) in [5.74, 6) is -0.315. The van der Waals surface area contributed by atoms with Crippen LogP contribution in [0.3, 0.4) is 0 Å². The van der Waals surface area contributed by atoms with Gasteiger partial charge in [0.1, 0.15) is 6.29 Å². The molecule has 0 aliphatic rings. The third-order valence-electron chi connectivity index (χ3n) is 3.03. The average molecular weight is 259 g/mol. The molecule has 0 radical (unpaired) electrons. The van der Waals surface area contributed by atoms with Crippen molar-refractivity contribution in [1.82, 2.24) is 10.3 Å². The predicted molar refractivity (Wildman–Crippen MR) is 73.6 cm³/mol. The Kier molecular flexibility index (Phi) is 3.97. The maximum absolute atomic E-state index is 11.8. The number of hydrogen-bond acceptors (Lipinski definition) is 3. The molecule has 1 amide bonds. The fourth-order valence-electron chi connectivity index (χ4n) is 2.00. The van der Waals surface area contributed by atoms with Crippen molar-refractivity contribution in [1.29, 1.82) is 0 Å². The molecule has 2 rings (SSSR count). The summed E-state index contributed by atoms with van der Waals surface area (Å²) in [6.07, 6.45) is 2.97. The summed E-state index contributed by atoms with van der Waals surface area (Å²) in [6.45, 7) is 1.61. The number of nitrogens with two attached hydrogens (primary N) is 1. The van der Waals surface area contributed by atoms with Gasteiger partial charge in [-0.3, -0.25) is 4.79 Å². The van der Waals surface area contributed by atoms with Crippen molar-refractivity contribution in [3.05, 3.63) is 36.0 Å². The summed E-state index contributed by atoms with van der Waals surface area (Å²) in [4.78, 5) is 25.4. The van der Waals surface area contributed by atoms with Crippen LogP contribution >= 0.6 is 0 Å². The van der Waals surface area contributed by atoms with Crippen LogP contribution in [0.5, 0.6) is 0 Å². The van der Waals surface area contributed by atoms with Crippen LogP contribution in [0.1, 0.15) is 12.5 Å². The van der Waals surface area contributed by atoms with E-state index in [1.165, 1.54) is 0 Å². The Bertz CT molecular complexity index is 591. The lowest BCUT2D eigenvalue weighted by atomic mass is 10.0. The van der Waals surface area contributed by atoms with Crippen molar-refractivity contribution < 1.29 is 9.59 Å². The summed E-state index contributed by atoms with van der Waals surface area (Å²) >= 11 is 0. The van der Waals surface area contributed by atoms with Gasteiger partial charge in [-0.15, -0.1) is 0 Å². The first kappa shape index (κ1) is 13.3. The van der Waals surface area contributed by atoms with E-state index in [0.29, 0.717) is 12.7 Å². The molecule has 1 aromatic heterocycles. The third-order valence-corrected chi connectivity index (χ3v) is 3.03. The SMILES string of the molecule is C[C@@H](C=O)NC(=O)[C@@H](N)Cc1c[nH]c2ccccc12. The minimum absolute atomic E-state index is 0.315. The molecule has 0 aliphatic carbocycles. The van der Waals surface area contributed by atoms with Crippen molar-refractivity contribution >= 4 is 23.1 Å². The van der Waals surface area contributed by atoms with Crippen LogP contribution in [0.2, 0.25) is 0 Å². The van der Waals surface area contributed by atoms with E-state index >= 15 is 0 Å². The Morgan fingerprint density at radius 3 is 2.95 bits per heavy atom. The average Bonchev–Trinajstić information content (AvgIpc) is 2.82. The Labute approximate surface area is 111 Å². The van der Waals surface area contributed by atoms with E-state index in [1.807, 2.05) is 30.5 Å². The number of benzene rings is 1. The van der Waals surface area contributed by atoms with E-state index in [0.717, 1.165) is 16.5 Å². The number of aromatic amines is 1. The predicted octanol–water partition coefficient (Wildman–Crippen LogP) is 0.741. The highest BCUT2D eigenvalue weighted by Gasteiger charge is 2.17. The maximum Gasteiger partial charge on any atom is 0.237 e. The maximum atomic E-state index is 11.8. The number of fused-ring (bicyclic) bond motifs is 1. The van der Waals surface area contributed by atoms with E-state index in [9.17, 15) is 9.59 Å². The Morgan fingerprint density at radius 2 is 2.21 bits per heavy atom. The van der Waals surface area contributed by atoms with Crippen molar-refractivity contribution in [2.75, 3.05) is 0 Å². The molecule has 0 fully saturated rings. The Balaban J connectivity index is 2.08. The van der Waals surface area contributed by atoms with E-state index in [1.54, 1.807) is 6.92 Å². The number of aldehydes is 1. The number of amides is 1. The van der Waals surface area contributed by atoms with Gasteiger partial charge in [0, 0.05) is 17.1 Å². The number of rotatable bonds is 5. The molecule has 0 saturated heterocycles. The third kappa shape index (κ3) is 3.00. The molecule has 0 spiro atoms. The topological polar surface area (TPSA) is 88.0 Å². The van der Waals surface area contributed by atoms with Gasteiger partial charge in [-0.25, -0.2) is 0 Å². The van der Waals surface area contributed by atoms with E-state index < -0.39 is 12.1 Å². The van der Waals surface area contributed by atoms with Crippen LogP contribution in [0.25, 0.3) is 10.9 Å². The second-order valence-electron chi connectivity index (χ2n) is 4.60. The summed E-state index contributed by atoms with van der Waals surface area (Å²) in [6, 6.07) is 6.67. The molecule has 100 valence electrons. The molecule has 0 saturated carbocycles. The highest BCUT2D eigenvalue weighted by atomic mass is 16.2. The molecule has 0 bridgehead atoms. The summed E-state index contributed by atoms with van der Waals surface area (Å²) in [5, 5.41) is 3.61. The van der Waals surface area contributed by atoms with Gasteiger partial charge in [-0.2, -0.15) is 0 Å². The van der Waals surface area contributed by atoms with Crippen LogP contribution in [0.4, 0.5) is 0 Å². The number of hydrogen-bond donors (Lipinski definition) is 3. The van der Waals surface area contributed by atoms with Crippen LogP contribution in [0.15, 0.2) is 30.5 Å². The molecular weight excluding hydrogens is 242 g/mol. The molecule has 4 N–H and O–H groups in total. The minimum Gasteiger partial charge on any atom is -0.361 e. The van der Waals surface area contributed by atoms with Gasteiger partial charge in [0.15, 0.2) is 0 Å². The first-order valence-electron chi connectivity index (χ1n) is 6.18. The number of carbonyl (C=O) groups is 2. The standard InChI is InChI=1S/C14H17N3O2/c1-9(8-18)17-14(19)12(15)6-10-7-16-13-5-3-2-4-11(10)13/h2-5,7-9,12,16H,6,15H2,1H3,(H,17,19)/t9-,12-/m0/s1. The lowest BCUT2D eigenvalue weighted by Gasteiger charge is -2.13. The first-order chi connectivity index (χ1) is 9.11. The molecular formula is C14H17N3O2. The monoisotopic (exact) mass is 259 g/mol. The molecule has 19 heavy (non-hydrogen) atoms. The fourth-order valence-corrected chi connectivity index (χ4v) is 2.00. The van der Waals surface area contributed by atoms with Gasteiger partial charge in [-0.1, -0.05) is 18.2 Å². The van der Waals surface area contributed by atoms with Gasteiger partial charge in [0.05, 0.1) is 12.1 Å². The molecule has 5 heteroatoms. The van der Waals surface area contributed by atoms with Crippen molar-refractivity contribution in [2.24, 2.45) is 5.73 Å². The number of nitrogens with one attached hydrogen (secondary N) is 2. The van der Waals surface area contributed by atoms with Crippen molar-refractivity contribution in [2.45, 2.75) is 25.4 Å². The highest BCUT2D eigenvalue weighted by Crippen LogP contribution is 2.18. The zero-order valence-electron chi connectivity index (χ0n) is 10.7. The molecule has 5 nitrogen and oxygen atoms in total. The summed E-state index contributed by atoms with van der Waals surface area (Å²) in [7, 11) is 0. The van der Waals surface area contributed by atoms with Gasteiger partial charge >= 0.3 is 0 Å². The number of para-hydroxylation sites is 1. The number of H-pyrrole nitrogens is 1. The second-order valence-corrected chi connectivity index (χ2v) is 4.60. The number of carbonyl (C=O) groups excluding carboxylic acids is 2. The zero-order chi connectivity index (χ0) is 13.8. The molecule has 1 aromatic carbocycles. The summed E-state index contributed by atoms with van der Waals surface area (Å²) in [5.41, 5.74) is 7.88. The van der Waals surface area contributed by atoms with Crippen LogP contribution in [-0.2, 0) is 16.0 Å². The second kappa shape index (κ2) is 5.67. The molecule has 0 unspecified atom stereocenters. The smallest absolute Gasteiger partial charge is 0.237 e. The largest absolute Gasteiger partial charge is 0.361 e. The molecule has 1 heterocycles. The first-order valence-corrected chi connectivity index (χ1v) is 6.18. The molecule has 2 aromatic rings. The highest BCUT2D eigenvalue weighted by molar-refractivity contribution is 5.87. The lowest BCUT2D eigenvalue weighted by molar-refractivity contribution is -0.124. The minimum atomic E-state index is -0.665. The van der Waals surface area contributed by atoms with Crippen LogP contribution in [0, 0.1) is 0 Å². The van der Waals surface area contributed by atoms with E-state index in [4.69, 9.17) is 5.73 Å². The number of aromatic nitrogens is 1. The summed E-state index contributed by atoms with van der Waals surface area (Å²) < 4.78 is 0. The van der Waals surface area contributed by atoms with Crippen LogP contribution < -0.4 is 11.1 Å². The zero-order valence-corrected chi connectivity index (χ0v) is 10.7. The van der Waals surface area contributed by atoms with Gasteiger partial charge in [-0.05, 0) is 25.0 Å². The molecule has 2 atom stereocenters. The Hall–Kier alpha value is -2.14. The van der Waals surface area contributed by atoms with E-state index in [-0.39, 0.29) is 5.91 Å². The van der Waals surface area contributed by atoms with Gasteiger partial charge in [0.25, 0.3) is 0 Å². The van der Waals surface area contributed by atoms with Crippen molar-refractivity contribution in [3.8, 4) is 0 Å². The lowest BCUT2D eigenvalue weighted by Crippen LogP contribution is -2.45. The normalized spacial score (nSPS) is 14.0. The van der Waals surface area contributed by atoms with E-state index in [2.05, 4.69) is 10.3 Å². The van der Waals surface area contributed by atoms with Crippen molar-refractivity contribution in [3.63, 3.8) is 0 Å². The molecule has 0 aliphatic heterocycles. The Morgan fingerprint density at radius 1 is 1.47 bits per heavy atom. The van der Waals surface area contributed by atoms with Crippen LogP contribution in [-0.4, -0.2) is 29.3 Å². The fraction of sp³-hybridized carbons (Fsp3) is 0.286. The van der Waals surface area contributed by atoms with Gasteiger partial charge in [0.2, 0.25) is 5.91 Å².